The van der Waals surface area contributed by atoms with Crippen LogP contribution in [0.1, 0.15) is 34.3 Å². The Balaban J connectivity index is 1.80. The number of guanidine groups is 1. The van der Waals surface area contributed by atoms with Gasteiger partial charge in [0.05, 0.1) is 25.4 Å². The molecular weight excluding hydrogens is 354 g/mol. The molecule has 1 aliphatic rings. The summed E-state index contributed by atoms with van der Waals surface area (Å²) in [5.74, 6) is 0.843. The van der Waals surface area contributed by atoms with Crippen molar-refractivity contribution in [3.8, 4) is 5.75 Å². The Morgan fingerprint density at radius 2 is 1.93 bits per heavy atom. The standard InChI is InChI=1S/C22H27N3O3/c1-15-6-9-17(10-7-15)21(26)25-22(23-14-18-5-4-12-28-18)24-19-13-16(2)8-11-20(19)27-3/h6-11,13,18H,4-5,12,14H2,1-3H3,(H2,23,24,25,26)/t18-/m0/s1. The summed E-state index contributed by atoms with van der Waals surface area (Å²) in [4.78, 5) is 17.3. The number of nitrogens with zero attached hydrogens (tertiary/aromatic N) is 1. The minimum atomic E-state index is -0.217. The number of ether oxygens (including phenoxy) is 2. The number of rotatable bonds is 5. The zero-order chi connectivity index (χ0) is 19.9. The maximum Gasteiger partial charge on any atom is 0.257 e. The van der Waals surface area contributed by atoms with Crippen molar-refractivity contribution in [3.05, 3.63) is 59.2 Å². The van der Waals surface area contributed by atoms with E-state index < -0.39 is 0 Å². The van der Waals surface area contributed by atoms with Gasteiger partial charge in [-0.15, -0.1) is 0 Å². The molecule has 148 valence electrons. The molecule has 1 fully saturated rings. The number of amides is 1. The zero-order valence-electron chi connectivity index (χ0n) is 16.6. The molecular formula is C22H27N3O3. The van der Waals surface area contributed by atoms with Gasteiger partial charge < -0.3 is 14.8 Å². The van der Waals surface area contributed by atoms with Gasteiger partial charge in [-0.2, -0.15) is 0 Å². The largest absolute Gasteiger partial charge is 0.495 e. The van der Waals surface area contributed by atoms with Crippen molar-refractivity contribution in [2.75, 3.05) is 25.6 Å². The summed E-state index contributed by atoms with van der Waals surface area (Å²) in [6.45, 7) is 5.25. The van der Waals surface area contributed by atoms with Gasteiger partial charge in [-0.05, 0) is 56.5 Å². The Morgan fingerprint density at radius 1 is 1.18 bits per heavy atom. The number of carbonyl (C=O) groups is 1. The van der Waals surface area contributed by atoms with Gasteiger partial charge in [0, 0.05) is 12.2 Å². The van der Waals surface area contributed by atoms with E-state index in [2.05, 4.69) is 15.6 Å². The van der Waals surface area contributed by atoms with Crippen LogP contribution in [0.3, 0.4) is 0 Å². The summed E-state index contributed by atoms with van der Waals surface area (Å²) in [6.07, 6.45) is 2.12. The third-order valence-electron chi connectivity index (χ3n) is 4.63. The fourth-order valence-corrected chi connectivity index (χ4v) is 3.02. The molecule has 0 radical (unpaired) electrons. The maximum atomic E-state index is 12.7. The molecule has 1 atom stereocenters. The summed E-state index contributed by atoms with van der Waals surface area (Å²) in [7, 11) is 1.61. The maximum absolute atomic E-state index is 12.7. The Hall–Kier alpha value is -2.86. The molecule has 1 saturated heterocycles. The van der Waals surface area contributed by atoms with Crippen LogP contribution in [0, 0.1) is 13.8 Å². The number of aryl methyl sites for hydroxylation is 2. The van der Waals surface area contributed by atoms with Crippen molar-refractivity contribution in [1.29, 1.82) is 0 Å². The van der Waals surface area contributed by atoms with E-state index in [0.717, 1.165) is 36.3 Å². The molecule has 0 aromatic heterocycles. The Labute approximate surface area is 166 Å². The highest BCUT2D eigenvalue weighted by Gasteiger charge is 2.17. The normalized spacial score (nSPS) is 16.7. The van der Waals surface area contributed by atoms with Crippen LogP contribution in [0.2, 0.25) is 0 Å². The lowest BCUT2D eigenvalue weighted by molar-refractivity contribution is 0.0975. The van der Waals surface area contributed by atoms with Gasteiger partial charge in [0.25, 0.3) is 5.91 Å². The van der Waals surface area contributed by atoms with Crippen molar-refractivity contribution < 1.29 is 14.3 Å². The predicted molar refractivity (Wildman–Crippen MR) is 111 cm³/mol. The fraction of sp³-hybridized carbons (Fsp3) is 0.364. The number of hydrogen-bond acceptors (Lipinski definition) is 4. The first-order valence-corrected chi connectivity index (χ1v) is 9.51. The van der Waals surface area contributed by atoms with E-state index in [9.17, 15) is 4.79 Å². The van der Waals surface area contributed by atoms with Crippen LogP contribution in [0.25, 0.3) is 0 Å². The zero-order valence-corrected chi connectivity index (χ0v) is 16.6. The van der Waals surface area contributed by atoms with Crippen LogP contribution < -0.4 is 15.4 Å². The fourth-order valence-electron chi connectivity index (χ4n) is 3.02. The summed E-state index contributed by atoms with van der Waals surface area (Å²) in [5, 5.41) is 6.10. The highest BCUT2D eigenvalue weighted by atomic mass is 16.5. The van der Waals surface area contributed by atoms with E-state index in [-0.39, 0.29) is 12.0 Å². The number of anilines is 1. The predicted octanol–water partition coefficient (Wildman–Crippen LogP) is 3.69. The third-order valence-corrected chi connectivity index (χ3v) is 4.63. The Morgan fingerprint density at radius 3 is 2.61 bits per heavy atom. The second-order valence-electron chi connectivity index (χ2n) is 6.97. The van der Waals surface area contributed by atoms with Crippen molar-refractivity contribution in [2.45, 2.75) is 32.8 Å². The monoisotopic (exact) mass is 381 g/mol. The molecule has 3 rings (SSSR count). The quantitative estimate of drug-likeness (QED) is 0.612. The Bertz CT molecular complexity index is 841. The smallest absolute Gasteiger partial charge is 0.257 e. The van der Waals surface area contributed by atoms with Crippen molar-refractivity contribution in [3.63, 3.8) is 0 Å². The lowest BCUT2D eigenvalue weighted by atomic mass is 10.1. The van der Waals surface area contributed by atoms with E-state index >= 15 is 0 Å². The van der Waals surface area contributed by atoms with Crippen LogP contribution in [-0.2, 0) is 4.74 Å². The van der Waals surface area contributed by atoms with Gasteiger partial charge in [0.2, 0.25) is 5.96 Å². The van der Waals surface area contributed by atoms with E-state index in [1.807, 2.05) is 44.2 Å². The molecule has 28 heavy (non-hydrogen) atoms. The second kappa shape index (κ2) is 9.37. The van der Waals surface area contributed by atoms with Crippen LogP contribution in [-0.4, -0.2) is 38.2 Å². The SMILES string of the molecule is COc1ccc(C)cc1NC(=NC[C@@H]1CCCO1)NC(=O)c1ccc(C)cc1. The molecule has 0 aliphatic carbocycles. The van der Waals surface area contributed by atoms with Crippen molar-refractivity contribution >= 4 is 17.6 Å². The lowest BCUT2D eigenvalue weighted by Gasteiger charge is -2.16. The van der Waals surface area contributed by atoms with E-state index in [1.54, 1.807) is 19.2 Å². The number of methoxy groups -OCH3 is 1. The minimum absolute atomic E-state index is 0.0903. The number of aliphatic imine (C=N–C) groups is 1. The van der Waals surface area contributed by atoms with Gasteiger partial charge in [0.15, 0.2) is 0 Å². The highest BCUT2D eigenvalue weighted by molar-refractivity contribution is 6.10. The number of nitrogens with one attached hydrogen (secondary N) is 2. The van der Waals surface area contributed by atoms with Gasteiger partial charge in [0.1, 0.15) is 5.75 Å². The van der Waals surface area contributed by atoms with Crippen LogP contribution >= 0.6 is 0 Å². The summed E-state index contributed by atoms with van der Waals surface area (Å²) in [6, 6.07) is 13.2. The summed E-state index contributed by atoms with van der Waals surface area (Å²) in [5.41, 5.74) is 3.50. The second-order valence-corrected chi connectivity index (χ2v) is 6.97. The highest BCUT2D eigenvalue weighted by Crippen LogP contribution is 2.25. The van der Waals surface area contributed by atoms with Crippen molar-refractivity contribution in [1.82, 2.24) is 5.32 Å². The molecule has 2 aromatic carbocycles. The Kier molecular flexibility index (Phi) is 6.66. The average Bonchev–Trinajstić information content (AvgIpc) is 3.20. The molecule has 1 amide bonds. The topological polar surface area (TPSA) is 71.9 Å². The van der Waals surface area contributed by atoms with E-state index in [1.165, 1.54) is 0 Å². The molecule has 1 heterocycles. The molecule has 0 spiro atoms. The molecule has 0 unspecified atom stereocenters. The molecule has 6 heteroatoms. The van der Waals surface area contributed by atoms with Gasteiger partial charge in [-0.25, -0.2) is 4.99 Å². The van der Waals surface area contributed by atoms with Crippen LogP contribution in [0.15, 0.2) is 47.5 Å². The number of hydrogen-bond donors (Lipinski definition) is 2. The summed E-state index contributed by atoms with van der Waals surface area (Å²) < 4.78 is 11.1. The number of carbonyl (C=O) groups excluding carboxylic acids is 1. The van der Waals surface area contributed by atoms with Gasteiger partial charge in [-0.1, -0.05) is 23.8 Å². The molecule has 1 aliphatic heterocycles. The first kappa shape index (κ1) is 19.9. The van der Waals surface area contributed by atoms with Crippen LogP contribution in [0.5, 0.6) is 5.75 Å². The average molecular weight is 381 g/mol. The number of benzene rings is 2. The van der Waals surface area contributed by atoms with Crippen molar-refractivity contribution in [2.24, 2.45) is 4.99 Å². The van der Waals surface area contributed by atoms with Crippen LogP contribution in [0.4, 0.5) is 5.69 Å². The van der Waals surface area contributed by atoms with Gasteiger partial charge >= 0.3 is 0 Å². The first-order valence-electron chi connectivity index (χ1n) is 9.51. The molecule has 2 N–H and O–H groups in total. The van der Waals surface area contributed by atoms with E-state index in [0.29, 0.717) is 23.8 Å². The molecule has 0 bridgehead atoms. The summed E-state index contributed by atoms with van der Waals surface area (Å²) >= 11 is 0. The lowest BCUT2D eigenvalue weighted by Crippen LogP contribution is -2.37. The molecule has 2 aromatic rings. The molecule has 6 nitrogen and oxygen atoms in total. The third kappa shape index (κ3) is 5.33. The van der Waals surface area contributed by atoms with Gasteiger partial charge in [-0.3, -0.25) is 10.1 Å². The molecule has 0 saturated carbocycles. The van der Waals surface area contributed by atoms with E-state index in [4.69, 9.17) is 9.47 Å². The first-order chi connectivity index (χ1) is 13.5. The minimum Gasteiger partial charge on any atom is -0.495 e.